The highest BCUT2D eigenvalue weighted by molar-refractivity contribution is 6.32. The van der Waals surface area contributed by atoms with Gasteiger partial charge in [0.1, 0.15) is 5.54 Å². The molecule has 3 saturated heterocycles. The van der Waals surface area contributed by atoms with E-state index in [1.165, 1.54) is 4.90 Å². The molecule has 6 rings (SSSR count). The van der Waals surface area contributed by atoms with E-state index in [-0.39, 0.29) is 24.5 Å². The van der Waals surface area contributed by atoms with Crippen LogP contribution in [0.2, 0.25) is 5.02 Å². The van der Waals surface area contributed by atoms with Gasteiger partial charge in [-0.1, -0.05) is 17.7 Å². The summed E-state index contributed by atoms with van der Waals surface area (Å²) in [6.45, 7) is 4.46. The van der Waals surface area contributed by atoms with Crippen LogP contribution in [0.3, 0.4) is 0 Å². The minimum Gasteiger partial charge on any atom is -0.462 e. The molecule has 0 saturated carbocycles. The van der Waals surface area contributed by atoms with Gasteiger partial charge in [0.05, 0.1) is 35.4 Å². The maximum Gasteiger partial charge on any atom is 0.338 e. The lowest BCUT2D eigenvalue weighted by molar-refractivity contribution is -0.135. The molecule has 2 aromatic rings. The summed E-state index contributed by atoms with van der Waals surface area (Å²) in [4.78, 5) is 56.8. The predicted molar refractivity (Wildman–Crippen MR) is 128 cm³/mol. The van der Waals surface area contributed by atoms with Crippen molar-refractivity contribution in [3.8, 4) is 0 Å². The summed E-state index contributed by atoms with van der Waals surface area (Å²) in [5.41, 5.74) is 1.56. The molecule has 0 radical (unpaired) electrons. The molecule has 0 unspecified atom stereocenters. The van der Waals surface area contributed by atoms with E-state index in [0.717, 1.165) is 18.4 Å². The standard InChI is InChI=1S/C26H24ClN3O5/c1-3-35-24(33)14-6-8-15(9-7-14)30-22(31)19-18-5-4-12-29(18)26(20(19)23(30)32)16-10-11-17(27)13(2)21(16)28-25(26)34/h6-11,18-20H,3-5,12H2,1-2H3,(H,28,34)/t18-,19+,20-,26-/m0/s1. The molecule has 0 bridgehead atoms. The molecule has 4 heterocycles. The molecule has 3 amide bonds. The van der Waals surface area contributed by atoms with Crippen LogP contribution in [0, 0.1) is 18.8 Å². The number of esters is 1. The second kappa shape index (κ2) is 7.63. The molecule has 4 aliphatic rings. The highest BCUT2D eigenvalue weighted by atomic mass is 35.5. The number of rotatable bonds is 3. The topological polar surface area (TPSA) is 96.0 Å². The third-order valence-corrected chi connectivity index (χ3v) is 8.41. The molecule has 35 heavy (non-hydrogen) atoms. The first kappa shape index (κ1) is 22.2. The number of carbonyl (C=O) groups is 4. The molecule has 4 aliphatic heterocycles. The van der Waals surface area contributed by atoms with Gasteiger partial charge in [-0.2, -0.15) is 0 Å². The highest BCUT2D eigenvalue weighted by Gasteiger charge is 2.74. The Kier molecular flexibility index (Phi) is 4.85. The van der Waals surface area contributed by atoms with Gasteiger partial charge in [0.2, 0.25) is 17.7 Å². The molecule has 2 aromatic carbocycles. The number of hydrogen-bond donors (Lipinski definition) is 1. The van der Waals surface area contributed by atoms with Crippen LogP contribution >= 0.6 is 11.6 Å². The van der Waals surface area contributed by atoms with Crippen LogP contribution in [0.25, 0.3) is 0 Å². The third-order valence-electron chi connectivity index (χ3n) is 8.00. The summed E-state index contributed by atoms with van der Waals surface area (Å²) in [6, 6.07) is 9.61. The Bertz CT molecular complexity index is 1310. The Hall–Kier alpha value is -3.23. The monoisotopic (exact) mass is 493 g/mol. The molecule has 1 spiro atoms. The van der Waals surface area contributed by atoms with Gasteiger partial charge < -0.3 is 10.1 Å². The van der Waals surface area contributed by atoms with Gasteiger partial charge in [-0.15, -0.1) is 0 Å². The molecule has 4 atom stereocenters. The molecule has 0 aliphatic carbocycles. The lowest BCUT2D eigenvalue weighted by atomic mass is 9.75. The molecule has 1 N–H and O–H groups in total. The van der Waals surface area contributed by atoms with Crippen molar-refractivity contribution >= 4 is 46.7 Å². The van der Waals surface area contributed by atoms with Gasteiger partial charge in [-0.3, -0.25) is 19.3 Å². The SMILES string of the molecule is CCOC(=O)c1ccc(N2C(=O)[C@H]3[C@@H](C2=O)[C@@]2(C(=O)Nc4c2ccc(Cl)c4C)N2CCC[C@@H]32)cc1. The second-order valence-corrected chi connectivity index (χ2v) is 9.91. The van der Waals surface area contributed by atoms with Crippen molar-refractivity contribution < 1.29 is 23.9 Å². The number of nitrogens with one attached hydrogen (secondary N) is 1. The van der Waals surface area contributed by atoms with E-state index in [0.29, 0.717) is 34.1 Å². The Morgan fingerprint density at radius 1 is 1.14 bits per heavy atom. The number of fused-ring (bicyclic) bond motifs is 7. The Labute approximate surface area is 207 Å². The number of nitrogens with zero attached hydrogens (tertiary/aromatic N) is 2. The Balaban J connectivity index is 1.46. The average Bonchev–Trinajstić information content (AvgIpc) is 3.55. The zero-order chi connectivity index (χ0) is 24.6. The summed E-state index contributed by atoms with van der Waals surface area (Å²) in [5, 5.41) is 3.52. The summed E-state index contributed by atoms with van der Waals surface area (Å²) in [7, 11) is 0. The van der Waals surface area contributed by atoms with Crippen LogP contribution in [-0.4, -0.2) is 47.8 Å². The van der Waals surface area contributed by atoms with Crippen molar-refractivity contribution in [2.24, 2.45) is 11.8 Å². The number of ether oxygens (including phenoxy) is 1. The Morgan fingerprint density at radius 3 is 2.60 bits per heavy atom. The number of halogens is 1. The summed E-state index contributed by atoms with van der Waals surface area (Å²) in [6.07, 6.45) is 1.59. The zero-order valence-electron chi connectivity index (χ0n) is 19.3. The van der Waals surface area contributed by atoms with Crippen LogP contribution < -0.4 is 10.2 Å². The van der Waals surface area contributed by atoms with Gasteiger partial charge in [0, 0.05) is 16.6 Å². The van der Waals surface area contributed by atoms with Gasteiger partial charge in [0.15, 0.2) is 0 Å². The van der Waals surface area contributed by atoms with Gasteiger partial charge in [0.25, 0.3) is 0 Å². The third kappa shape index (κ3) is 2.72. The molecule has 3 fully saturated rings. The predicted octanol–water partition coefficient (Wildman–Crippen LogP) is 3.26. The minimum absolute atomic E-state index is 0.201. The van der Waals surface area contributed by atoms with Crippen molar-refractivity contribution in [2.75, 3.05) is 23.4 Å². The van der Waals surface area contributed by atoms with E-state index in [9.17, 15) is 19.2 Å². The first-order valence-electron chi connectivity index (χ1n) is 11.8. The zero-order valence-corrected chi connectivity index (χ0v) is 20.1. The quantitative estimate of drug-likeness (QED) is 0.521. The fourth-order valence-electron chi connectivity index (χ4n) is 6.61. The van der Waals surface area contributed by atoms with Crippen molar-refractivity contribution in [1.29, 1.82) is 0 Å². The van der Waals surface area contributed by atoms with Gasteiger partial charge in [-0.05, 0) is 69.1 Å². The van der Waals surface area contributed by atoms with Crippen molar-refractivity contribution in [3.63, 3.8) is 0 Å². The Morgan fingerprint density at radius 2 is 1.89 bits per heavy atom. The summed E-state index contributed by atoms with van der Waals surface area (Å²) >= 11 is 6.34. The van der Waals surface area contributed by atoms with E-state index >= 15 is 0 Å². The number of carbonyl (C=O) groups excluding carboxylic acids is 4. The maximum atomic E-state index is 14.0. The first-order valence-corrected chi connectivity index (χ1v) is 12.2. The normalized spacial score (nSPS) is 28.9. The van der Waals surface area contributed by atoms with E-state index in [2.05, 4.69) is 10.2 Å². The van der Waals surface area contributed by atoms with E-state index in [1.807, 2.05) is 13.0 Å². The van der Waals surface area contributed by atoms with Crippen LogP contribution in [0.4, 0.5) is 11.4 Å². The van der Waals surface area contributed by atoms with Gasteiger partial charge in [-0.25, -0.2) is 9.69 Å². The van der Waals surface area contributed by atoms with Gasteiger partial charge >= 0.3 is 5.97 Å². The lowest BCUT2D eigenvalue weighted by Gasteiger charge is -2.36. The fraction of sp³-hybridized carbons (Fsp3) is 0.385. The number of imide groups is 1. The maximum absolute atomic E-state index is 14.0. The number of amides is 3. The van der Waals surface area contributed by atoms with Crippen LogP contribution in [-0.2, 0) is 24.7 Å². The number of benzene rings is 2. The lowest BCUT2D eigenvalue weighted by Crippen LogP contribution is -2.54. The van der Waals surface area contributed by atoms with Crippen molar-refractivity contribution in [3.05, 3.63) is 58.1 Å². The molecular weight excluding hydrogens is 470 g/mol. The molecule has 0 aromatic heterocycles. The fourth-order valence-corrected chi connectivity index (χ4v) is 6.76. The van der Waals surface area contributed by atoms with Crippen LogP contribution in [0.5, 0.6) is 0 Å². The van der Waals surface area contributed by atoms with E-state index in [4.69, 9.17) is 16.3 Å². The van der Waals surface area contributed by atoms with Crippen LogP contribution in [0.1, 0.15) is 41.3 Å². The minimum atomic E-state index is -1.25. The highest BCUT2D eigenvalue weighted by Crippen LogP contribution is 2.61. The second-order valence-electron chi connectivity index (χ2n) is 9.50. The molecular formula is C26H24ClN3O5. The van der Waals surface area contributed by atoms with E-state index in [1.54, 1.807) is 37.3 Å². The number of anilines is 2. The summed E-state index contributed by atoms with van der Waals surface area (Å²) in [5.74, 6) is -2.91. The summed E-state index contributed by atoms with van der Waals surface area (Å²) < 4.78 is 5.02. The molecule has 9 heteroatoms. The largest absolute Gasteiger partial charge is 0.462 e. The average molecular weight is 494 g/mol. The van der Waals surface area contributed by atoms with Crippen LogP contribution in [0.15, 0.2) is 36.4 Å². The van der Waals surface area contributed by atoms with E-state index < -0.39 is 29.3 Å². The smallest absolute Gasteiger partial charge is 0.338 e. The van der Waals surface area contributed by atoms with Crippen molar-refractivity contribution in [2.45, 2.75) is 38.3 Å². The number of hydrogen-bond acceptors (Lipinski definition) is 6. The molecule has 180 valence electrons. The van der Waals surface area contributed by atoms with Crippen molar-refractivity contribution in [1.82, 2.24) is 4.90 Å². The first-order chi connectivity index (χ1) is 16.8. The molecule has 8 nitrogen and oxygen atoms in total.